The van der Waals surface area contributed by atoms with Gasteiger partial charge in [-0.05, 0) is 17.2 Å². The first kappa shape index (κ1) is 17.7. The Balaban J connectivity index is 1.33. The maximum Gasteiger partial charge on any atom is 0.252 e. The van der Waals surface area contributed by atoms with Gasteiger partial charge in [0.2, 0.25) is 5.88 Å². The van der Waals surface area contributed by atoms with Crippen LogP contribution in [-0.4, -0.2) is 60.4 Å². The Labute approximate surface area is 158 Å². The van der Waals surface area contributed by atoms with E-state index in [0.29, 0.717) is 32.0 Å². The minimum absolute atomic E-state index is 0.0460. The second-order valence-corrected chi connectivity index (χ2v) is 7.21. The van der Waals surface area contributed by atoms with Crippen LogP contribution in [0.1, 0.15) is 17.5 Å². The van der Waals surface area contributed by atoms with Gasteiger partial charge in [-0.25, -0.2) is 0 Å². The van der Waals surface area contributed by atoms with E-state index in [1.54, 1.807) is 0 Å². The van der Waals surface area contributed by atoms with Crippen LogP contribution < -0.4 is 9.64 Å². The molecule has 0 saturated carbocycles. The number of benzene rings is 1. The zero-order valence-corrected chi connectivity index (χ0v) is 15.7. The molecule has 142 valence electrons. The third kappa shape index (κ3) is 3.88. The van der Waals surface area contributed by atoms with Crippen molar-refractivity contribution in [3.05, 3.63) is 47.5 Å². The van der Waals surface area contributed by atoms with E-state index in [2.05, 4.69) is 22.3 Å². The smallest absolute Gasteiger partial charge is 0.252 e. The fourth-order valence-electron chi connectivity index (χ4n) is 3.52. The van der Waals surface area contributed by atoms with Crippen LogP contribution in [0.2, 0.25) is 0 Å². The molecule has 1 saturated heterocycles. The van der Waals surface area contributed by atoms with Crippen molar-refractivity contribution in [2.24, 2.45) is 0 Å². The number of hydrogen-bond donors (Lipinski definition) is 0. The SMILES string of the molecule is CN(C)c1ccc(OC2CCN(C(=O)C3Cc4ccccc4CO3)C2)nn1. The number of ether oxygens (including phenoxy) is 2. The van der Waals surface area contributed by atoms with E-state index < -0.39 is 6.10 Å². The fraction of sp³-hybridized carbons (Fsp3) is 0.450. The number of aromatic nitrogens is 2. The third-order valence-corrected chi connectivity index (χ3v) is 5.07. The third-order valence-electron chi connectivity index (χ3n) is 5.07. The molecule has 2 aromatic rings. The fourth-order valence-corrected chi connectivity index (χ4v) is 3.52. The summed E-state index contributed by atoms with van der Waals surface area (Å²) in [5.74, 6) is 1.31. The van der Waals surface area contributed by atoms with Crippen molar-refractivity contribution in [2.45, 2.75) is 31.7 Å². The Bertz CT molecular complexity index is 809. The second-order valence-electron chi connectivity index (χ2n) is 7.21. The normalized spacial score (nSPS) is 21.6. The molecule has 2 aliphatic heterocycles. The number of rotatable bonds is 4. The van der Waals surface area contributed by atoms with Gasteiger partial charge < -0.3 is 19.3 Å². The summed E-state index contributed by atoms with van der Waals surface area (Å²) in [4.78, 5) is 16.6. The topological polar surface area (TPSA) is 67.8 Å². The Kier molecular flexibility index (Phi) is 4.94. The van der Waals surface area contributed by atoms with Crippen molar-refractivity contribution >= 4 is 11.7 Å². The molecule has 27 heavy (non-hydrogen) atoms. The number of hydrogen-bond acceptors (Lipinski definition) is 6. The van der Waals surface area contributed by atoms with Crippen molar-refractivity contribution < 1.29 is 14.3 Å². The van der Waals surface area contributed by atoms with Crippen LogP contribution in [0.25, 0.3) is 0 Å². The number of fused-ring (bicyclic) bond motifs is 1. The molecular formula is C20H24N4O3. The molecule has 2 aliphatic rings. The highest BCUT2D eigenvalue weighted by molar-refractivity contribution is 5.82. The minimum Gasteiger partial charge on any atom is -0.471 e. The number of likely N-dealkylation sites (tertiary alicyclic amines) is 1. The molecule has 1 fully saturated rings. The van der Waals surface area contributed by atoms with Crippen LogP contribution in [0.5, 0.6) is 5.88 Å². The van der Waals surface area contributed by atoms with Crippen LogP contribution in [0.3, 0.4) is 0 Å². The highest BCUT2D eigenvalue weighted by Gasteiger charge is 2.34. The second kappa shape index (κ2) is 7.52. The Morgan fingerprint density at radius 2 is 2.00 bits per heavy atom. The first-order chi connectivity index (χ1) is 13.1. The van der Waals surface area contributed by atoms with Crippen molar-refractivity contribution in [2.75, 3.05) is 32.1 Å². The Morgan fingerprint density at radius 1 is 1.19 bits per heavy atom. The van der Waals surface area contributed by atoms with Crippen molar-refractivity contribution in [1.29, 1.82) is 0 Å². The molecular weight excluding hydrogens is 344 g/mol. The van der Waals surface area contributed by atoms with E-state index >= 15 is 0 Å². The summed E-state index contributed by atoms with van der Waals surface area (Å²) >= 11 is 0. The zero-order chi connectivity index (χ0) is 18.8. The van der Waals surface area contributed by atoms with Gasteiger partial charge in [0.05, 0.1) is 13.2 Å². The monoisotopic (exact) mass is 368 g/mol. The average molecular weight is 368 g/mol. The quantitative estimate of drug-likeness (QED) is 0.818. The molecule has 0 spiro atoms. The maximum atomic E-state index is 12.8. The van der Waals surface area contributed by atoms with Gasteiger partial charge in [0.15, 0.2) is 5.82 Å². The molecule has 7 nitrogen and oxygen atoms in total. The predicted octanol–water partition coefficient (Wildman–Crippen LogP) is 1.66. The standard InChI is InChI=1S/C20H24N4O3/c1-23(2)18-7-8-19(22-21-18)27-16-9-10-24(12-16)20(25)17-11-14-5-3-4-6-15(14)13-26-17/h3-8,16-17H,9-13H2,1-2H3. The summed E-state index contributed by atoms with van der Waals surface area (Å²) in [6.45, 7) is 1.72. The van der Waals surface area contributed by atoms with Crippen molar-refractivity contribution in [3.8, 4) is 5.88 Å². The van der Waals surface area contributed by atoms with Gasteiger partial charge >= 0.3 is 0 Å². The van der Waals surface area contributed by atoms with Gasteiger partial charge in [-0.3, -0.25) is 4.79 Å². The molecule has 0 N–H and O–H groups in total. The molecule has 1 aromatic carbocycles. The lowest BCUT2D eigenvalue weighted by Gasteiger charge is -2.28. The number of nitrogens with zero attached hydrogens (tertiary/aromatic N) is 4. The van der Waals surface area contributed by atoms with E-state index in [-0.39, 0.29) is 12.0 Å². The van der Waals surface area contributed by atoms with Crippen molar-refractivity contribution in [1.82, 2.24) is 15.1 Å². The maximum absolute atomic E-state index is 12.8. The van der Waals surface area contributed by atoms with Gasteiger partial charge in [-0.15, -0.1) is 10.2 Å². The van der Waals surface area contributed by atoms with Crippen LogP contribution in [0.4, 0.5) is 5.82 Å². The predicted molar refractivity (Wildman–Crippen MR) is 101 cm³/mol. The zero-order valence-electron chi connectivity index (χ0n) is 15.7. The van der Waals surface area contributed by atoms with E-state index in [0.717, 1.165) is 12.2 Å². The summed E-state index contributed by atoms with van der Waals surface area (Å²) in [5, 5.41) is 8.23. The van der Waals surface area contributed by atoms with E-state index in [1.807, 2.05) is 48.2 Å². The average Bonchev–Trinajstić information content (AvgIpc) is 3.16. The minimum atomic E-state index is -0.405. The van der Waals surface area contributed by atoms with Gasteiger partial charge in [0.25, 0.3) is 5.91 Å². The summed E-state index contributed by atoms with van der Waals surface area (Å²) in [6.07, 6.45) is 0.947. The summed E-state index contributed by atoms with van der Waals surface area (Å²) in [5.41, 5.74) is 2.37. The first-order valence-corrected chi connectivity index (χ1v) is 9.25. The van der Waals surface area contributed by atoms with Gasteiger partial charge in [0, 0.05) is 39.5 Å². The number of carbonyl (C=O) groups is 1. The molecule has 3 heterocycles. The molecule has 1 aromatic heterocycles. The number of amides is 1. The summed E-state index contributed by atoms with van der Waals surface area (Å²) in [6, 6.07) is 11.8. The largest absolute Gasteiger partial charge is 0.471 e. The molecule has 0 aliphatic carbocycles. The number of anilines is 1. The van der Waals surface area contributed by atoms with E-state index in [9.17, 15) is 4.79 Å². The first-order valence-electron chi connectivity index (χ1n) is 9.25. The van der Waals surface area contributed by atoms with Gasteiger partial charge in [-0.1, -0.05) is 24.3 Å². The molecule has 0 radical (unpaired) electrons. The highest BCUT2D eigenvalue weighted by atomic mass is 16.5. The van der Waals surface area contributed by atoms with Crippen LogP contribution in [0, 0.1) is 0 Å². The lowest BCUT2D eigenvalue weighted by molar-refractivity contribution is -0.144. The van der Waals surface area contributed by atoms with Crippen LogP contribution in [0.15, 0.2) is 36.4 Å². The molecule has 1 amide bonds. The van der Waals surface area contributed by atoms with E-state index in [1.165, 1.54) is 11.1 Å². The molecule has 2 atom stereocenters. The summed E-state index contributed by atoms with van der Waals surface area (Å²) in [7, 11) is 3.83. The lowest BCUT2D eigenvalue weighted by Crippen LogP contribution is -2.42. The Hall–Kier alpha value is -2.67. The molecule has 7 heteroatoms. The Morgan fingerprint density at radius 3 is 2.74 bits per heavy atom. The molecule has 0 bridgehead atoms. The van der Waals surface area contributed by atoms with Gasteiger partial charge in [0.1, 0.15) is 12.2 Å². The highest BCUT2D eigenvalue weighted by Crippen LogP contribution is 2.24. The molecule has 4 rings (SSSR count). The number of carbonyl (C=O) groups excluding carboxylic acids is 1. The lowest BCUT2D eigenvalue weighted by atomic mass is 9.98. The van der Waals surface area contributed by atoms with Gasteiger partial charge in [-0.2, -0.15) is 0 Å². The van der Waals surface area contributed by atoms with Crippen LogP contribution >= 0.6 is 0 Å². The van der Waals surface area contributed by atoms with E-state index in [4.69, 9.17) is 9.47 Å². The molecule has 2 unspecified atom stereocenters. The summed E-state index contributed by atoms with van der Waals surface area (Å²) < 4.78 is 11.7. The van der Waals surface area contributed by atoms with Crippen molar-refractivity contribution in [3.63, 3.8) is 0 Å². The van der Waals surface area contributed by atoms with Crippen LogP contribution in [-0.2, 0) is 22.6 Å².